The van der Waals surface area contributed by atoms with Crippen LogP contribution < -0.4 is 5.11 Å². The van der Waals surface area contributed by atoms with Crippen molar-refractivity contribution in [3.63, 3.8) is 0 Å². The maximum absolute atomic E-state index is 9.48. The zero-order chi connectivity index (χ0) is 7.86. The molecule has 0 rings (SSSR count). The van der Waals surface area contributed by atoms with Crippen LogP contribution in [0.2, 0.25) is 0 Å². The predicted octanol–water partition coefficient (Wildman–Crippen LogP) is -0.298. The maximum atomic E-state index is 9.48. The summed E-state index contributed by atoms with van der Waals surface area (Å²) in [6.45, 7) is 0.940. The second-order valence-corrected chi connectivity index (χ2v) is 4.35. The van der Waals surface area contributed by atoms with Gasteiger partial charge in [0.2, 0.25) is 0 Å². The zero-order valence-corrected chi connectivity index (χ0v) is 8.22. The van der Waals surface area contributed by atoms with E-state index in [0.717, 1.165) is 6.92 Å². The molecule has 0 radical (unpaired) electrons. The van der Waals surface area contributed by atoms with Crippen LogP contribution in [-0.4, -0.2) is 11.8 Å². The van der Waals surface area contributed by atoms with Crippen molar-refractivity contribution in [2.45, 2.75) is 6.92 Å². The fourth-order valence-corrected chi connectivity index (χ4v) is 0. The molecule has 0 aliphatic heterocycles. The Balaban J connectivity index is 0. The third-order valence-corrected chi connectivity index (χ3v) is 0.287. The number of carboxylic acids is 1. The topological polar surface area (TPSA) is 57.2 Å². The van der Waals surface area contributed by atoms with Gasteiger partial charge in [0.1, 0.15) is 5.97 Å². The Labute approximate surface area is 68.3 Å². The predicted molar refractivity (Wildman–Crippen MR) is 27.4 cm³/mol. The Bertz CT molecular complexity index is 93.2. The molecule has 0 heterocycles. The van der Waals surface area contributed by atoms with Gasteiger partial charge >= 0.3 is 34.8 Å². The zero-order valence-electron chi connectivity index (χ0n) is 4.31. The molecule has 0 aromatic rings. The van der Waals surface area contributed by atoms with Crippen LogP contribution in [0.1, 0.15) is 6.92 Å². The summed E-state index contributed by atoms with van der Waals surface area (Å²) >= 11 is -0.556. The number of hydrogen-bond acceptors (Lipinski definition) is 3. The summed E-state index contributed by atoms with van der Waals surface area (Å²) in [6, 6.07) is 0. The van der Waals surface area contributed by atoms with Gasteiger partial charge in [0.25, 0.3) is 0 Å². The van der Waals surface area contributed by atoms with E-state index in [9.17, 15) is 14.7 Å². The number of carbonyl (C=O) groups is 2. The SMILES string of the molecule is CC(=O)C(=O)[O-].[Cl][Ir+][Cl]. The van der Waals surface area contributed by atoms with Gasteiger partial charge in [-0.2, -0.15) is 0 Å². The normalized spacial score (nSPS) is 7.44. The van der Waals surface area contributed by atoms with Crippen molar-refractivity contribution in [3.8, 4) is 0 Å². The molecule has 0 amide bonds. The van der Waals surface area contributed by atoms with Crippen LogP contribution in [0.25, 0.3) is 0 Å². The third-order valence-electron chi connectivity index (χ3n) is 0.287. The first-order valence-electron chi connectivity index (χ1n) is 1.61. The Morgan fingerprint density at radius 1 is 1.44 bits per heavy atom. The number of halogens is 2. The molecule has 0 aromatic carbocycles. The molecule has 9 heavy (non-hydrogen) atoms. The number of rotatable bonds is 1. The van der Waals surface area contributed by atoms with E-state index in [4.69, 9.17) is 19.2 Å². The summed E-state index contributed by atoms with van der Waals surface area (Å²) in [7, 11) is 9.78. The van der Waals surface area contributed by atoms with E-state index in [1.54, 1.807) is 0 Å². The number of aliphatic carboxylic acids is 1. The van der Waals surface area contributed by atoms with Crippen LogP contribution >= 0.6 is 19.2 Å². The van der Waals surface area contributed by atoms with Crippen LogP contribution in [0.15, 0.2) is 0 Å². The van der Waals surface area contributed by atoms with Gasteiger partial charge in [0, 0.05) is 6.92 Å². The molecule has 0 saturated carbocycles. The van der Waals surface area contributed by atoms with Crippen molar-refractivity contribution in [2.75, 3.05) is 0 Å². The first-order chi connectivity index (χ1) is 4.06. The van der Waals surface area contributed by atoms with Crippen LogP contribution in [0.3, 0.4) is 0 Å². The van der Waals surface area contributed by atoms with Crippen molar-refractivity contribution in [1.29, 1.82) is 0 Å². The molecule has 6 heteroatoms. The van der Waals surface area contributed by atoms with Gasteiger partial charge in [0.15, 0.2) is 5.78 Å². The standard InChI is InChI=1S/C3H4O3.2ClH.Ir/c1-2(4)3(5)6;;;/h1H3,(H,5,6);2*1H;/q;;;+3/p-3. The molecular weight excluding hydrogens is 347 g/mol. The average Bonchev–Trinajstić information content (AvgIpc) is 1.68. The van der Waals surface area contributed by atoms with Crippen molar-refractivity contribution in [2.24, 2.45) is 0 Å². The van der Waals surface area contributed by atoms with E-state index in [1.165, 1.54) is 0 Å². The minimum atomic E-state index is -1.63. The Hall–Kier alpha value is 0.369. The van der Waals surface area contributed by atoms with Crippen molar-refractivity contribution < 1.29 is 30.4 Å². The van der Waals surface area contributed by atoms with Gasteiger partial charge < -0.3 is 9.90 Å². The van der Waals surface area contributed by atoms with E-state index in [-0.39, 0.29) is 0 Å². The van der Waals surface area contributed by atoms with Crippen molar-refractivity contribution in [1.82, 2.24) is 0 Å². The summed E-state index contributed by atoms with van der Waals surface area (Å²) in [5, 5.41) is 9.24. The number of Topliss-reactive ketones (excluding diaryl/α,β-unsaturated/α-hetero) is 1. The molecule has 0 N–H and O–H groups in total. The number of ketones is 1. The van der Waals surface area contributed by atoms with E-state index >= 15 is 0 Å². The summed E-state index contributed by atoms with van der Waals surface area (Å²) in [5.74, 6) is -2.56. The first kappa shape index (κ1) is 12.1. The van der Waals surface area contributed by atoms with Crippen LogP contribution in [0.4, 0.5) is 0 Å². The molecule has 0 atom stereocenters. The third kappa shape index (κ3) is 17.8. The molecule has 0 fully saturated rings. The molecule has 0 bridgehead atoms. The monoisotopic (exact) mass is 350 g/mol. The van der Waals surface area contributed by atoms with Gasteiger partial charge in [-0.25, -0.2) is 0 Å². The minimum absolute atomic E-state index is 0.556. The summed E-state index contributed by atoms with van der Waals surface area (Å²) in [4.78, 5) is 18.7. The summed E-state index contributed by atoms with van der Waals surface area (Å²) in [5.41, 5.74) is 0. The Morgan fingerprint density at radius 3 is 1.56 bits per heavy atom. The van der Waals surface area contributed by atoms with Gasteiger partial charge in [0.05, 0.1) is 0 Å². The molecular formula is C3H3Cl2IrO3. The Kier molecular flexibility index (Phi) is 11.2. The average molecular weight is 350 g/mol. The van der Waals surface area contributed by atoms with Gasteiger partial charge in [-0.15, -0.1) is 0 Å². The van der Waals surface area contributed by atoms with Crippen molar-refractivity contribution >= 4 is 30.9 Å². The molecule has 0 unspecified atom stereocenters. The summed E-state index contributed by atoms with van der Waals surface area (Å²) < 4.78 is 0. The van der Waals surface area contributed by atoms with Gasteiger partial charge in [-0.3, -0.25) is 4.79 Å². The summed E-state index contributed by atoms with van der Waals surface area (Å²) in [6.07, 6.45) is 0. The van der Waals surface area contributed by atoms with E-state index < -0.39 is 27.4 Å². The fraction of sp³-hybridized carbons (Fsp3) is 0.333. The molecule has 0 spiro atoms. The van der Waals surface area contributed by atoms with Gasteiger partial charge in [-0.05, 0) is 0 Å². The van der Waals surface area contributed by atoms with Crippen LogP contribution in [0, 0.1) is 0 Å². The molecule has 3 nitrogen and oxygen atoms in total. The van der Waals surface area contributed by atoms with E-state index in [0.29, 0.717) is 0 Å². The molecule has 0 saturated heterocycles. The Morgan fingerprint density at radius 2 is 1.56 bits per heavy atom. The van der Waals surface area contributed by atoms with Crippen LogP contribution in [0.5, 0.6) is 0 Å². The first-order valence-corrected chi connectivity index (χ1v) is 7.55. The number of carboxylic acid groups (broad SMARTS) is 1. The number of carbonyl (C=O) groups excluding carboxylic acids is 2. The fourth-order valence-electron chi connectivity index (χ4n) is 0. The number of hydrogen-bond donors (Lipinski definition) is 0. The van der Waals surface area contributed by atoms with Gasteiger partial charge in [-0.1, -0.05) is 0 Å². The quantitative estimate of drug-likeness (QED) is 0.611. The second-order valence-electron chi connectivity index (χ2n) is 0.891. The molecule has 0 aliphatic carbocycles. The molecule has 0 aliphatic rings. The molecule has 0 aromatic heterocycles. The van der Waals surface area contributed by atoms with E-state index in [1.807, 2.05) is 0 Å². The van der Waals surface area contributed by atoms with Crippen LogP contribution in [-0.2, 0) is 25.3 Å². The second kappa shape index (κ2) is 8.37. The van der Waals surface area contributed by atoms with Crippen molar-refractivity contribution in [3.05, 3.63) is 0 Å². The molecule has 56 valence electrons. The van der Waals surface area contributed by atoms with E-state index in [2.05, 4.69) is 0 Å².